The molecule has 0 N–H and O–H groups in total. The molecule has 9 rings (SSSR count). The first-order chi connectivity index (χ1) is 24.5. The molecule has 1 aliphatic rings. The van der Waals surface area contributed by atoms with E-state index in [1.165, 1.54) is 16.0 Å². The quantitative estimate of drug-likeness (QED) is 0.175. The number of aromatic nitrogens is 1. The van der Waals surface area contributed by atoms with Crippen molar-refractivity contribution in [3.05, 3.63) is 180 Å². The first kappa shape index (κ1) is 29.6. The second kappa shape index (κ2) is 11.6. The largest absolute Gasteiger partial charge is 0.308 e. The number of fused-ring (bicyclic) bond motifs is 4. The predicted molar refractivity (Wildman–Crippen MR) is 204 cm³/mol. The molecule has 50 heavy (non-hydrogen) atoms. The smallest absolute Gasteiger partial charge is 0.268 e. The van der Waals surface area contributed by atoms with Gasteiger partial charge in [-0.2, -0.15) is 0 Å². The predicted octanol–water partition coefficient (Wildman–Crippen LogP) is 11.2. The summed E-state index contributed by atoms with van der Waals surface area (Å²) in [6.07, 6.45) is 0. The lowest BCUT2D eigenvalue weighted by Crippen LogP contribution is -2.30. The number of carbonyl (C=O) groups is 2. The van der Waals surface area contributed by atoms with Crippen molar-refractivity contribution in [2.24, 2.45) is 0 Å². The van der Waals surface area contributed by atoms with Gasteiger partial charge in [0.1, 0.15) is 0 Å². The van der Waals surface area contributed by atoms with E-state index in [1.54, 1.807) is 6.07 Å². The zero-order chi connectivity index (χ0) is 33.9. The number of rotatable bonds is 5. The zero-order valence-electron chi connectivity index (χ0n) is 27.7. The third-order valence-electron chi connectivity index (χ3n) is 9.79. The van der Waals surface area contributed by atoms with Gasteiger partial charge in [0, 0.05) is 21.9 Å². The van der Waals surface area contributed by atoms with Crippen LogP contribution in [0.5, 0.6) is 0 Å². The molecule has 4 nitrogen and oxygen atoms in total. The highest BCUT2D eigenvalue weighted by atomic mass is 16.2. The van der Waals surface area contributed by atoms with Crippen LogP contribution >= 0.6 is 0 Å². The van der Waals surface area contributed by atoms with E-state index in [-0.39, 0.29) is 11.8 Å². The average Bonchev–Trinajstić information content (AvgIpc) is 3.61. The van der Waals surface area contributed by atoms with Crippen molar-refractivity contribution >= 4 is 39.3 Å². The fraction of sp³-hybridized carbons (Fsp3) is 0.0435. The summed E-state index contributed by atoms with van der Waals surface area (Å²) >= 11 is 0. The molecule has 0 atom stereocenters. The van der Waals surface area contributed by atoms with Crippen molar-refractivity contribution in [1.29, 1.82) is 0 Å². The van der Waals surface area contributed by atoms with Crippen molar-refractivity contribution in [3.8, 4) is 39.1 Å². The minimum atomic E-state index is -0.336. The molecule has 1 aromatic heterocycles. The Morgan fingerprint density at radius 3 is 1.68 bits per heavy atom. The molecule has 0 bridgehead atoms. The molecule has 1 aliphatic heterocycles. The summed E-state index contributed by atoms with van der Waals surface area (Å²) in [5.41, 5.74) is 12.2. The highest BCUT2D eigenvalue weighted by molar-refractivity contribution is 6.37. The fourth-order valence-electron chi connectivity index (χ4n) is 7.69. The third-order valence-corrected chi connectivity index (χ3v) is 9.79. The Morgan fingerprint density at radius 2 is 1.00 bits per heavy atom. The maximum absolute atomic E-state index is 15.0. The first-order valence-corrected chi connectivity index (χ1v) is 16.9. The SMILES string of the molecule is Cc1cc(C)cc(-c2ccc3c4ccccc4n(-c4cccc5c4C(=O)N(c4c(-c6ccccc6)cccc4-c4ccccc4)C5=O)c3c2)c1. The van der Waals surface area contributed by atoms with E-state index in [0.717, 1.165) is 55.2 Å². The maximum Gasteiger partial charge on any atom is 0.268 e. The van der Waals surface area contributed by atoms with Gasteiger partial charge in [-0.3, -0.25) is 9.59 Å². The van der Waals surface area contributed by atoms with Gasteiger partial charge >= 0.3 is 0 Å². The van der Waals surface area contributed by atoms with Gasteiger partial charge < -0.3 is 4.57 Å². The summed E-state index contributed by atoms with van der Waals surface area (Å²) in [5, 5.41) is 2.17. The topological polar surface area (TPSA) is 42.3 Å². The van der Waals surface area contributed by atoms with Gasteiger partial charge in [0.15, 0.2) is 0 Å². The molecule has 0 saturated heterocycles. The number of aryl methyl sites for hydroxylation is 2. The maximum atomic E-state index is 15.0. The first-order valence-electron chi connectivity index (χ1n) is 16.9. The van der Waals surface area contributed by atoms with Crippen molar-refractivity contribution in [1.82, 2.24) is 4.57 Å². The van der Waals surface area contributed by atoms with Crippen molar-refractivity contribution in [2.75, 3.05) is 4.90 Å². The van der Waals surface area contributed by atoms with Gasteiger partial charge in [-0.25, -0.2) is 4.90 Å². The van der Waals surface area contributed by atoms with E-state index in [0.29, 0.717) is 22.5 Å². The molecule has 2 heterocycles. The van der Waals surface area contributed by atoms with Crippen LogP contribution in [0.2, 0.25) is 0 Å². The van der Waals surface area contributed by atoms with Gasteiger partial charge in [0.25, 0.3) is 11.8 Å². The Kier molecular flexibility index (Phi) is 6.85. The third kappa shape index (κ3) is 4.61. The number of benzene rings is 7. The molecule has 4 heteroatoms. The van der Waals surface area contributed by atoms with Crippen molar-refractivity contribution in [2.45, 2.75) is 13.8 Å². The highest BCUT2D eigenvalue weighted by Gasteiger charge is 2.41. The van der Waals surface area contributed by atoms with Crippen LogP contribution in [0, 0.1) is 13.8 Å². The van der Waals surface area contributed by atoms with Crippen LogP contribution in [0.25, 0.3) is 60.9 Å². The molecular weight excluding hydrogens is 613 g/mol. The Hall–Kier alpha value is -6.52. The van der Waals surface area contributed by atoms with E-state index in [1.807, 2.05) is 103 Å². The molecule has 0 spiro atoms. The van der Waals surface area contributed by atoms with Crippen molar-refractivity contribution < 1.29 is 9.59 Å². The highest BCUT2D eigenvalue weighted by Crippen LogP contribution is 2.45. The van der Waals surface area contributed by atoms with Crippen LogP contribution in [0.1, 0.15) is 31.8 Å². The van der Waals surface area contributed by atoms with Crippen LogP contribution in [-0.2, 0) is 0 Å². The molecule has 238 valence electrons. The number of nitrogens with zero attached hydrogens (tertiary/aromatic N) is 2. The Bertz CT molecular complexity index is 2570. The lowest BCUT2D eigenvalue weighted by molar-refractivity contribution is 0.0926. The van der Waals surface area contributed by atoms with E-state index >= 15 is 4.79 Å². The molecule has 0 unspecified atom stereocenters. The molecule has 0 fully saturated rings. The monoisotopic (exact) mass is 644 g/mol. The Labute approximate surface area is 290 Å². The second-order valence-electron chi connectivity index (χ2n) is 13.0. The van der Waals surface area contributed by atoms with Crippen LogP contribution in [-0.4, -0.2) is 16.4 Å². The van der Waals surface area contributed by atoms with Gasteiger partial charge in [-0.05, 0) is 60.4 Å². The van der Waals surface area contributed by atoms with Gasteiger partial charge in [-0.15, -0.1) is 0 Å². The normalized spacial score (nSPS) is 12.6. The Morgan fingerprint density at radius 1 is 0.420 bits per heavy atom. The van der Waals surface area contributed by atoms with Crippen LogP contribution < -0.4 is 4.90 Å². The van der Waals surface area contributed by atoms with Crippen LogP contribution in [0.4, 0.5) is 5.69 Å². The van der Waals surface area contributed by atoms with Gasteiger partial charge in [0.2, 0.25) is 0 Å². The summed E-state index contributed by atoms with van der Waals surface area (Å²) in [4.78, 5) is 31.0. The minimum Gasteiger partial charge on any atom is -0.308 e. The number of imide groups is 1. The van der Waals surface area contributed by atoms with Crippen molar-refractivity contribution in [3.63, 3.8) is 0 Å². The summed E-state index contributed by atoms with van der Waals surface area (Å²) < 4.78 is 2.16. The minimum absolute atomic E-state index is 0.330. The second-order valence-corrected chi connectivity index (χ2v) is 13.0. The number of para-hydroxylation sites is 2. The summed E-state index contributed by atoms with van der Waals surface area (Å²) in [5.74, 6) is -0.665. The molecule has 0 saturated carbocycles. The number of hydrogen-bond donors (Lipinski definition) is 0. The Balaban J connectivity index is 1.28. The summed E-state index contributed by atoms with van der Waals surface area (Å²) in [6, 6.07) is 52.9. The zero-order valence-corrected chi connectivity index (χ0v) is 27.7. The van der Waals surface area contributed by atoms with Gasteiger partial charge in [-0.1, -0.05) is 145 Å². The molecule has 0 aliphatic carbocycles. The number of hydrogen-bond acceptors (Lipinski definition) is 2. The summed E-state index contributed by atoms with van der Waals surface area (Å²) in [7, 11) is 0. The number of anilines is 1. The molecule has 0 radical (unpaired) electrons. The van der Waals surface area contributed by atoms with E-state index < -0.39 is 0 Å². The average molecular weight is 645 g/mol. The van der Waals surface area contributed by atoms with E-state index in [4.69, 9.17) is 0 Å². The number of amides is 2. The van der Waals surface area contributed by atoms with Gasteiger partial charge in [0.05, 0.1) is 33.5 Å². The molecule has 2 amide bonds. The molecule has 8 aromatic rings. The fourth-order valence-corrected chi connectivity index (χ4v) is 7.69. The summed E-state index contributed by atoms with van der Waals surface area (Å²) in [6.45, 7) is 4.24. The van der Waals surface area contributed by atoms with E-state index in [9.17, 15) is 4.79 Å². The van der Waals surface area contributed by atoms with Crippen LogP contribution in [0.15, 0.2) is 158 Å². The van der Waals surface area contributed by atoms with Crippen LogP contribution in [0.3, 0.4) is 0 Å². The molecule has 7 aromatic carbocycles. The number of carbonyl (C=O) groups excluding carboxylic acids is 2. The molecular formula is C46H32N2O2. The lowest BCUT2D eigenvalue weighted by Gasteiger charge is -2.23. The van der Waals surface area contributed by atoms with E-state index in [2.05, 4.69) is 66.9 Å². The standard InChI is InChI=1S/C46H32N2O2/c1-29-25-30(2)27-34(26-29)33-23-24-38-37-17-9-10-21-40(37)47(42(38)28-33)41-22-12-20-39-43(41)46(50)48(45(39)49)44-35(31-13-5-3-6-14-31)18-11-19-36(44)32-15-7-4-8-16-32/h3-28H,1-2H3. The lowest BCUT2D eigenvalue weighted by atomic mass is 9.95.